The number of nitrogens with one attached hydrogen (secondary N) is 2. The van der Waals surface area contributed by atoms with Gasteiger partial charge in [-0.05, 0) is 43.8 Å². The first-order valence-electron chi connectivity index (χ1n) is 7.23. The van der Waals surface area contributed by atoms with Gasteiger partial charge in [-0.25, -0.2) is 13.1 Å². The lowest BCUT2D eigenvalue weighted by Crippen LogP contribution is -2.40. The van der Waals surface area contributed by atoms with Crippen LogP contribution in [0.15, 0.2) is 30.3 Å². The van der Waals surface area contributed by atoms with Gasteiger partial charge in [0, 0.05) is 6.04 Å². The molecule has 0 amide bonds. The lowest BCUT2D eigenvalue weighted by Gasteiger charge is -2.21. The zero-order chi connectivity index (χ0) is 14.6. The Hall–Kier alpha value is -0.910. The smallest absolute Gasteiger partial charge is 0.212 e. The van der Waals surface area contributed by atoms with Gasteiger partial charge < -0.3 is 5.32 Å². The maximum Gasteiger partial charge on any atom is 0.212 e. The van der Waals surface area contributed by atoms with Crippen LogP contribution in [-0.2, 0) is 10.0 Å². The molecule has 5 heteroatoms. The third kappa shape index (κ3) is 4.30. The fourth-order valence-electron chi connectivity index (χ4n) is 2.74. The van der Waals surface area contributed by atoms with Crippen molar-refractivity contribution in [3.8, 4) is 0 Å². The zero-order valence-electron chi connectivity index (χ0n) is 12.2. The van der Waals surface area contributed by atoms with Crippen molar-refractivity contribution in [2.75, 3.05) is 18.8 Å². The van der Waals surface area contributed by atoms with Gasteiger partial charge >= 0.3 is 0 Å². The van der Waals surface area contributed by atoms with E-state index in [9.17, 15) is 8.42 Å². The molecule has 1 aromatic rings. The van der Waals surface area contributed by atoms with Gasteiger partial charge in [0.05, 0.1) is 5.75 Å². The Morgan fingerprint density at radius 3 is 2.60 bits per heavy atom. The third-order valence-electron chi connectivity index (χ3n) is 4.01. The molecule has 3 unspecified atom stereocenters. The van der Waals surface area contributed by atoms with Crippen LogP contribution in [0, 0.1) is 5.92 Å². The maximum atomic E-state index is 12.2. The second-order valence-corrected chi connectivity index (χ2v) is 7.55. The molecule has 3 atom stereocenters. The Morgan fingerprint density at radius 2 is 2.00 bits per heavy atom. The summed E-state index contributed by atoms with van der Waals surface area (Å²) in [6.45, 7) is 5.80. The van der Waals surface area contributed by atoms with Crippen LogP contribution >= 0.6 is 0 Å². The van der Waals surface area contributed by atoms with Crippen molar-refractivity contribution in [2.45, 2.75) is 32.2 Å². The molecule has 1 aliphatic heterocycles. The highest BCUT2D eigenvalue weighted by molar-refractivity contribution is 7.89. The van der Waals surface area contributed by atoms with Gasteiger partial charge in [0.15, 0.2) is 0 Å². The fourth-order valence-corrected chi connectivity index (χ4v) is 4.44. The van der Waals surface area contributed by atoms with Crippen LogP contribution in [0.4, 0.5) is 0 Å². The largest absolute Gasteiger partial charge is 0.316 e. The van der Waals surface area contributed by atoms with Crippen molar-refractivity contribution in [3.63, 3.8) is 0 Å². The Balaban J connectivity index is 1.93. The van der Waals surface area contributed by atoms with Crippen LogP contribution in [0.2, 0.25) is 0 Å². The summed E-state index contributed by atoms with van der Waals surface area (Å²) in [5.41, 5.74) is 1.06. The highest BCUT2D eigenvalue weighted by Crippen LogP contribution is 2.18. The number of sulfonamides is 1. The second-order valence-electron chi connectivity index (χ2n) is 5.75. The Labute approximate surface area is 122 Å². The summed E-state index contributed by atoms with van der Waals surface area (Å²) in [6.07, 6.45) is 1.04. The van der Waals surface area contributed by atoms with Gasteiger partial charge in [0.1, 0.15) is 0 Å². The maximum absolute atomic E-state index is 12.2. The molecule has 112 valence electrons. The summed E-state index contributed by atoms with van der Waals surface area (Å²) in [4.78, 5) is 0. The highest BCUT2D eigenvalue weighted by Gasteiger charge is 2.26. The van der Waals surface area contributed by atoms with Crippen LogP contribution in [0.5, 0.6) is 0 Å². The monoisotopic (exact) mass is 296 g/mol. The molecular formula is C15H24N2O2S. The molecule has 0 radical (unpaired) electrons. The molecule has 0 aliphatic carbocycles. The Kier molecular flexibility index (Phi) is 5.18. The van der Waals surface area contributed by atoms with Crippen LogP contribution in [-0.4, -0.2) is 33.3 Å². The van der Waals surface area contributed by atoms with Gasteiger partial charge in [0.25, 0.3) is 0 Å². The molecule has 1 saturated heterocycles. The van der Waals surface area contributed by atoms with E-state index < -0.39 is 10.0 Å². The van der Waals surface area contributed by atoms with Crippen molar-refractivity contribution >= 4 is 10.0 Å². The standard InChI is InChI=1S/C15H24N2O2S/c1-12(14-6-4-3-5-7-14)11-20(18,19)17-13(2)15-8-9-16-10-15/h3-7,12-13,15-17H,8-11H2,1-2H3. The number of hydrogen-bond donors (Lipinski definition) is 2. The molecular weight excluding hydrogens is 272 g/mol. The van der Waals surface area contributed by atoms with Gasteiger partial charge in [-0.1, -0.05) is 37.3 Å². The summed E-state index contributed by atoms with van der Waals surface area (Å²) in [6, 6.07) is 9.78. The molecule has 2 rings (SSSR count). The summed E-state index contributed by atoms with van der Waals surface area (Å²) in [7, 11) is -3.24. The van der Waals surface area contributed by atoms with E-state index >= 15 is 0 Å². The lowest BCUT2D eigenvalue weighted by molar-refractivity contribution is 0.443. The van der Waals surface area contributed by atoms with Crippen LogP contribution in [0.1, 0.15) is 31.7 Å². The normalized spacial score (nSPS) is 22.6. The Bertz CT molecular complexity index is 510. The minimum absolute atomic E-state index is 0.00188. The Morgan fingerprint density at radius 1 is 1.30 bits per heavy atom. The minimum atomic E-state index is -3.24. The van der Waals surface area contributed by atoms with Crippen molar-refractivity contribution < 1.29 is 8.42 Å². The summed E-state index contributed by atoms with van der Waals surface area (Å²) in [5.74, 6) is 0.543. The SMILES string of the molecule is CC(CS(=O)(=O)NC(C)C1CCNC1)c1ccccc1. The van der Waals surface area contributed by atoms with Gasteiger partial charge in [0.2, 0.25) is 10.0 Å². The summed E-state index contributed by atoms with van der Waals surface area (Å²) >= 11 is 0. The van der Waals surface area contributed by atoms with E-state index in [0.717, 1.165) is 25.1 Å². The van der Waals surface area contributed by atoms with Crippen LogP contribution < -0.4 is 10.0 Å². The van der Waals surface area contributed by atoms with E-state index in [1.165, 1.54) is 0 Å². The number of rotatable bonds is 6. The van der Waals surface area contributed by atoms with Crippen LogP contribution in [0.3, 0.4) is 0 Å². The summed E-state index contributed by atoms with van der Waals surface area (Å²) in [5, 5.41) is 3.27. The average Bonchev–Trinajstić information content (AvgIpc) is 2.92. The number of hydrogen-bond acceptors (Lipinski definition) is 3. The molecule has 1 heterocycles. The van der Waals surface area contributed by atoms with Crippen molar-refractivity contribution in [1.29, 1.82) is 0 Å². The second kappa shape index (κ2) is 6.70. The molecule has 20 heavy (non-hydrogen) atoms. The molecule has 1 aliphatic rings. The predicted octanol–water partition coefficient (Wildman–Crippen LogP) is 1.71. The van der Waals surface area contributed by atoms with E-state index in [2.05, 4.69) is 10.0 Å². The molecule has 0 bridgehead atoms. The molecule has 0 saturated carbocycles. The van der Waals surface area contributed by atoms with E-state index in [-0.39, 0.29) is 17.7 Å². The van der Waals surface area contributed by atoms with E-state index in [0.29, 0.717) is 5.92 Å². The third-order valence-corrected chi connectivity index (χ3v) is 5.68. The fraction of sp³-hybridized carbons (Fsp3) is 0.600. The number of benzene rings is 1. The van der Waals surface area contributed by atoms with Crippen molar-refractivity contribution in [3.05, 3.63) is 35.9 Å². The van der Waals surface area contributed by atoms with Crippen molar-refractivity contribution in [2.24, 2.45) is 5.92 Å². The van der Waals surface area contributed by atoms with E-state index in [1.54, 1.807) is 0 Å². The first kappa shape index (κ1) is 15.5. The first-order valence-corrected chi connectivity index (χ1v) is 8.89. The van der Waals surface area contributed by atoms with Gasteiger partial charge in [-0.15, -0.1) is 0 Å². The minimum Gasteiger partial charge on any atom is -0.316 e. The first-order chi connectivity index (χ1) is 9.48. The van der Waals surface area contributed by atoms with E-state index in [4.69, 9.17) is 0 Å². The molecule has 2 N–H and O–H groups in total. The predicted molar refractivity (Wildman–Crippen MR) is 82.2 cm³/mol. The molecule has 4 nitrogen and oxygen atoms in total. The highest BCUT2D eigenvalue weighted by atomic mass is 32.2. The van der Waals surface area contributed by atoms with E-state index in [1.807, 2.05) is 44.2 Å². The topological polar surface area (TPSA) is 58.2 Å². The quantitative estimate of drug-likeness (QED) is 0.840. The average molecular weight is 296 g/mol. The molecule has 1 aromatic carbocycles. The molecule has 0 spiro atoms. The van der Waals surface area contributed by atoms with Crippen molar-refractivity contribution in [1.82, 2.24) is 10.0 Å². The zero-order valence-corrected chi connectivity index (χ0v) is 13.0. The van der Waals surface area contributed by atoms with Gasteiger partial charge in [-0.2, -0.15) is 0 Å². The lowest BCUT2D eigenvalue weighted by atomic mass is 10.0. The molecule has 0 aromatic heterocycles. The van der Waals surface area contributed by atoms with Gasteiger partial charge in [-0.3, -0.25) is 0 Å². The van der Waals surface area contributed by atoms with Crippen LogP contribution in [0.25, 0.3) is 0 Å². The summed E-state index contributed by atoms with van der Waals surface area (Å²) < 4.78 is 27.3. The molecule has 1 fully saturated rings.